The molecule has 1 N–H and O–H groups in total. The zero-order valence-corrected chi connectivity index (χ0v) is 53.1. The van der Waals surface area contributed by atoms with Gasteiger partial charge >= 0.3 is 0 Å². The molecule has 26 atom stereocenters. The number of aliphatic carboxylic acids is 2. The van der Waals surface area contributed by atoms with E-state index >= 15 is 0 Å². The molecule has 0 aliphatic carbocycles. The molecule has 534 valence electrons. The van der Waals surface area contributed by atoms with Gasteiger partial charge < -0.3 is 128 Å². The molecule has 0 spiro atoms. The summed E-state index contributed by atoms with van der Waals surface area (Å²) in [6, 6.07) is -2.96. The third kappa shape index (κ3) is 21.6. The quantitative estimate of drug-likeness (QED) is 0.0202. The number of nitrogens with one attached hydrogen (secondary N) is 1. The topological polar surface area (TPSA) is 631 Å². The molecule has 0 aromatic heterocycles. The molecule has 0 saturated carbocycles. The molecule has 91 heavy (non-hydrogen) atoms. The fourth-order valence-electron chi connectivity index (χ4n) is 10.6. The lowest BCUT2D eigenvalue weighted by molar-refractivity contribution is -0.401. The van der Waals surface area contributed by atoms with Crippen molar-refractivity contribution >= 4 is 75.2 Å². The van der Waals surface area contributed by atoms with E-state index in [-0.39, 0.29) is 6.42 Å². The van der Waals surface area contributed by atoms with Crippen molar-refractivity contribution in [1.82, 2.24) is 4.72 Å². The molecule has 0 bridgehead atoms. The van der Waals surface area contributed by atoms with Gasteiger partial charge in [-0.05, 0) is 6.42 Å². The molecule has 0 radical (unpaired) electrons. The van der Waals surface area contributed by atoms with Crippen molar-refractivity contribution in [3.63, 3.8) is 0 Å². The summed E-state index contributed by atoms with van der Waals surface area (Å²) in [6.07, 6.45) is -49.0. The Morgan fingerprint density at radius 2 is 0.780 bits per heavy atom. The Hall–Kier alpha value is -2.36. The number of ether oxygens (including phenoxy) is 17. The first-order chi connectivity index (χ1) is 42.3. The predicted molar refractivity (Wildman–Crippen MR) is 262 cm³/mol. The van der Waals surface area contributed by atoms with Crippen LogP contribution in [0.1, 0.15) is 13.3 Å². The summed E-state index contributed by atoms with van der Waals surface area (Å²) >= 11 is -3.38. The first-order valence-corrected chi connectivity index (χ1v) is 33.2. The van der Waals surface area contributed by atoms with Gasteiger partial charge in [0.1, 0.15) is 115 Å². The number of carboxylic acids is 2. The zero-order valence-electron chi connectivity index (χ0n) is 48.2. The molecular formula is C40H61NO44S6-8. The molecule has 11 unspecified atom stereocenters. The minimum absolute atomic E-state index is 0.195. The summed E-state index contributed by atoms with van der Waals surface area (Å²) in [4.78, 5) is 31.3. The first kappa shape index (κ1) is 79.3. The van der Waals surface area contributed by atoms with Crippen molar-refractivity contribution in [2.75, 3.05) is 76.7 Å². The second kappa shape index (κ2) is 33.7. The van der Waals surface area contributed by atoms with Gasteiger partial charge in [0.2, 0.25) is 41.6 Å². The third-order valence-corrected chi connectivity index (χ3v) is 16.6. The maximum Gasteiger partial charge on any atom is 0.218 e. The Morgan fingerprint density at radius 3 is 1.14 bits per heavy atom. The Balaban J connectivity index is 1.60. The Bertz CT molecular complexity index is 2970. The molecule has 51 heteroatoms. The van der Waals surface area contributed by atoms with E-state index in [4.69, 9.17) is 89.6 Å². The Morgan fingerprint density at radius 1 is 0.429 bits per heavy atom. The van der Waals surface area contributed by atoms with Crippen LogP contribution in [0.4, 0.5) is 0 Å². The van der Waals surface area contributed by atoms with Gasteiger partial charge in [0.15, 0.2) is 47.9 Å². The van der Waals surface area contributed by atoms with Crippen LogP contribution < -0.4 is 14.9 Å². The fourth-order valence-corrected chi connectivity index (χ4v) is 12.7. The van der Waals surface area contributed by atoms with Crippen LogP contribution in [-0.4, -0.2) is 310 Å². The van der Waals surface area contributed by atoms with Crippen molar-refractivity contribution in [3.05, 3.63) is 0 Å². The van der Waals surface area contributed by atoms with Crippen LogP contribution in [0.3, 0.4) is 0 Å². The van der Waals surface area contributed by atoms with E-state index < -0.39 is 248 Å². The maximum atomic E-state index is 13.2. The van der Waals surface area contributed by atoms with E-state index in [9.17, 15) is 93.4 Å². The van der Waals surface area contributed by atoms with Crippen LogP contribution >= 0.6 is 0 Å². The smallest absolute Gasteiger partial charge is 0.218 e. The second-order valence-corrected chi connectivity index (χ2v) is 25.1. The van der Waals surface area contributed by atoms with E-state index in [1.165, 1.54) is 11.6 Å². The molecule has 5 saturated heterocycles. The highest BCUT2D eigenvalue weighted by molar-refractivity contribution is 7.83. The maximum absolute atomic E-state index is 13.2. The number of rotatable bonds is 35. The highest BCUT2D eigenvalue weighted by atomic mass is 32.3. The Kier molecular flexibility index (Phi) is 29.4. The lowest BCUT2D eigenvalue weighted by Gasteiger charge is -2.52. The van der Waals surface area contributed by atoms with Gasteiger partial charge in [-0.3, -0.25) is 16.7 Å². The monoisotopic (exact) mass is 1450 g/mol. The normalized spacial score (nSPS) is 38.5. The fraction of sp³-hybridized carbons (Fsp3) is 0.950. The minimum Gasteiger partial charge on any atom is -0.748 e. The van der Waals surface area contributed by atoms with Crippen molar-refractivity contribution < 1.29 is 200 Å². The van der Waals surface area contributed by atoms with E-state index in [2.05, 4.69) is 16.9 Å². The average Bonchev–Trinajstić information content (AvgIpc) is 0.769. The molecule has 5 aliphatic rings. The van der Waals surface area contributed by atoms with E-state index in [1.807, 2.05) is 0 Å². The highest BCUT2D eigenvalue weighted by Crippen LogP contribution is 2.41. The van der Waals surface area contributed by atoms with Crippen LogP contribution in [0, 0.1) is 5.92 Å². The van der Waals surface area contributed by atoms with E-state index in [0.717, 1.165) is 56.9 Å². The molecule has 45 nitrogen and oxygen atoms in total. The standard InChI is InChI=1S/C40H69NO44S6/c1-10-14-19(15(11-71-88(51,52)53)75-37(70-9)20(14)83-85-86(46)47)77-39-32(68-7)25(65-4)27(29(81-39)34(42)43)79-36-18(41-87(48,49)50)23(84-91(60,61)62)22(17(74-36)13-73-90(57,58)59)78-40-33(69-8)26(66-5)28(30(82-40)35(44)45)80-38-31(67-6)24(64-3)21(63-2)16(76-38)12-72-89(54,55)56/h14-33,36-41H,10-13H2,1-9H3,(H,42,43)(H,44,45)(H,46,47)(H,48,49,50)(H,51,52,53)(H,54,55,56)(H,57,58,59)(H,60,61,62)/p-8/t14?,15-,16-,17?,18?,19+,20?,21-,22+,23-,24?,25-,26?,27-,28+,29?,30+,31?,32?,33?,36+,37+,38-,39-,40+/m1/s1. The van der Waals surface area contributed by atoms with Crippen LogP contribution in [0.25, 0.3) is 0 Å². The number of carboxylic acid groups (broad SMARTS) is 2. The number of methoxy groups -OCH3 is 8. The van der Waals surface area contributed by atoms with Crippen LogP contribution in [0.2, 0.25) is 0 Å². The average molecular weight is 1450 g/mol. The molecule has 5 rings (SSSR count). The van der Waals surface area contributed by atoms with Crippen molar-refractivity contribution in [1.29, 1.82) is 0 Å². The molecule has 0 aromatic rings. The summed E-state index contributed by atoms with van der Waals surface area (Å²) in [6.45, 7) is -2.64. The molecule has 5 heterocycles. The second-order valence-electron chi connectivity index (χ2n) is 19.2. The zero-order chi connectivity index (χ0) is 68.5. The lowest BCUT2D eigenvalue weighted by atomic mass is 9.86. The number of carbonyl (C=O) groups is 2. The largest absolute Gasteiger partial charge is 0.748 e. The Labute approximate surface area is 521 Å². The SMILES string of the molecule is CCC1C(OOS(=O)[O-])[C@@H](OC)O[C@H](COS(=O)(=O)[O-])[C@H]1O[C@@H]1OC(C(=O)[O-])[C@H](O[C@@H]2OC(COS(=O)(=O)[O-])[C@H](O[C@H]3O[C@H](C(=O)[O-])[C@@H](O[C@H]4O[C@H](COS(=O)(=O)[O-])[C@@H](OC)C(OC)C4OC)C(OC)C3OC)[C@H](OS(=O)(=O)[O-])C2NS(=O)(=O)[O-])[C@@H](OC)C1OC. The van der Waals surface area contributed by atoms with Gasteiger partial charge in [0.05, 0.1) is 37.9 Å². The van der Waals surface area contributed by atoms with Crippen LogP contribution in [0.15, 0.2) is 0 Å². The van der Waals surface area contributed by atoms with Crippen molar-refractivity contribution in [2.24, 2.45) is 5.92 Å². The molecule has 0 amide bonds. The van der Waals surface area contributed by atoms with Crippen LogP contribution in [0.5, 0.6) is 0 Å². The summed E-state index contributed by atoms with van der Waals surface area (Å²) in [7, 11) is -21.7. The van der Waals surface area contributed by atoms with Gasteiger partial charge in [0, 0.05) is 62.8 Å². The van der Waals surface area contributed by atoms with Crippen molar-refractivity contribution in [3.8, 4) is 0 Å². The predicted octanol–water partition coefficient (Wildman–Crippen LogP) is -10.8. The van der Waals surface area contributed by atoms with Gasteiger partial charge in [-0.15, -0.1) is 4.33 Å². The lowest BCUT2D eigenvalue weighted by Crippen LogP contribution is -2.72. The van der Waals surface area contributed by atoms with Gasteiger partial charge in [-0.2, -0.15) is 0 Å². The van der Waals surface area contributed by atoms with E-state index in [0.29, 0.717) is 0 Å². The summed E-state index contributed by atoms with van der Waals surface area (Å²) in [5, 5.41) is 26.3. The number of carbonyl (C=O) groups excluding carboxylic acids is 2. The molecule has 5 aliphatic heterocycles. The number of hydrogen-bond acceptors (Lipinski definition) is 44. The summed E-state index contributed by atoms with van der Waals surface area (Å²) in [5.74, 6) is -5.92. The molecule has 5 fully saturated rings. The molecule has 0 aromatic carbocycles. The van der Waals surface area contributed by atoms with Gasteiger partial charge in [-0.1, -0.05) is 6.92 Å². The van der Waals surface area contributed by atoms with Crippen molar-refractivity contribution in [2.45, 2.75) is 161 Å². The third-order valence-electron chi connectivity index (χ3n) is 14.1. The van der Waals surface area contributed by atoms with Gasteiger partial charge in [0.25, 0.3) is 0 Å². The summed E-state index contributed by atoms with van der Waals surface area (Å²) in [5.41, 5.74) is 0. The van der Waals surface area contributed by atoms with E-state index in [1.54, 1.807) is 0 Å². The minimum atomic E-state index is -6.38. The molecular weight excluding hydrogens is 1390 g/mol. The number of hydrogen-bond donors (Lipinski definition) is 1. The van der Waals surface area contributed by atoms with Crippen LogP contribution in [-0.2, 0) is 179 Å². The van der Waals surface area contributed by atoms with Gasteiger partial charge in [-0.25, -0.2) is 55.9 Å². The first-order valence-electron chi connectivity index (χ1n) is 25.5. The summed E-state index contributed by atoms with van der Waals surface area (Å²) < 4.78 is 324. The highest BCUT2D eigenvalue weighted by Gasteiger charge is 2.60.